The van der Waals surface area contributed by atoms with E-state index in [2.05, 4.69) is 0 Å². The molecule has 14 heavy (non-hydrogen) atoms. The van der Waals surface area contributed by atoms with Gasteiger partial charge in [-0.1, -0.05) is 0 Å². The Hall–Kier alpha value is 0.968. The van der Waals surface area contributed by atoms with Crippen LogP contribution >= 0.6 is 0 Å². The first-order valence-electron chi connectivity index (χ1n) is 2.68. The Morgan fingerprint density at radius 3 is 0.357 bits per heavy atom. The van der Waals surface area contributed by atoms with E-state index in [0.717, 1.165) is 42.7 Å². The van der Waals surface area contributed by atoms with Gasteiger partial charge in [0.05, 0.1) is 0 Å². The van der Waals surface area contributed by atoms with Crippen molar-refractivity contribution in [2.45, 2.75) is 0 Å². The van der Waals surface area contributed by atoms with Crippen molar-refractivity contribution in [3.05, 3.63) is 0 Å². The molecule has 0 aliphatic carbocycles. The van der Waals surface area contributed by atoms with Crippen LogP contribution in [0.1, 0.15) is 0 Å². The maximum Gasteiger partial charge on any atom is 0.0319 e. The smallest absolute Gasteiger partial charge is 0.0319 e. The molecule has 0 unspecified atom stereocenters. The molecule has 0 fully saturated rings. The van der Waals surface area contributed by atoms with E-state index in [-0.39, 0.29) is 38.1 Å². The SMILES string of the molecule is CO.CO.CO.CO.CO.CO.[Fe].[Mo]. The Morgan fingerprint density at radius 2 is 0.357 bits per heavy atom. The van der Waals surface area contributed by atoms with Gasteiger partial charge in [-0.3, -0.25) is 0 Å². The molecule has 8 heteroatoms. The summed E-state index contributed by atoms with van der Waals surface area (Å²) in [5.74, 6) is 0. The van der Waals surface area contributed by atoms with Crippen LogP contribution in [0.25, 0.3) is 0 Å². The minimum absolute atomic E-state index is 0. The summed E-state index contributed by atoms with van der Waals surface area (Å²) in [6.45, 7) is 0. The zero-order valence-electron chi connectivity index (χ0n) is 9.45. The average molecular weight is 344 g/mol. The summed E-state index contributed by atoms with van der Waals surface area (Å²) in [6.07, 6.45) is 0. The summed E-state index contributed by atoms with van der Waals surface area (Å²) in [7, 11) is 6.00. The van der Waals surface area contributed by atoms with Crippen LogP contribution < -0.4 is 0 Å². The molecule has 0 atom stereocenters. The van der Waals surface area contributed by atoms with Gasteiger partial charge in [-0.2, -0.15) is 0 Å². The molecule has 0 amide bonds. The fraction of sp³-hybridized carbons (Fsp3) is 1.00. The van der Waals surface area contributed by atoms with Gasteiger partial charge in [0.25, 0.3) is 0 Å². The fourth-order valence-corrected chi connectivity index (χ4v) is 0. The molecule has 0 rings (SSSR count). The molecule has 0 bridgehead atoms. The van der Waals surface area contributed by atoms with Crippen LogP contribution in [0.15, 0.2) is 0 Å². The van der Waals surface area contributed by atoms with E-state index in [1.165, 1.54) is 0 Å². The predicted octanol–water partition coefficient (Wildman–Crippen LogP) is -2.35. The quantitative estimate of drug-likeness (QED) is 0.274. The molecule has 0 aromatic heterocycles. The van der Waals surface area contributed by atoms with Gasteiger partial charge in [0, 0.05) is 80.8 Å². The van der Waals surface area contributed by atoms with Gasteiger partial charge < -0.3 is 30.6 Å². The van der Waals surface area contributed by atoms with Crippen molar-refractivity contribution in [3.8, 4) is 0 Å². The monoisotopic (exact) mass is 346 g/mol. The third-order valence-corrected chi connectivity index (χ3v) is 0. The molecule has 6 N–H and O–H groups in total. The minimum Gasteiger partial charge on any atom is -0.400 e. The van der Waals surface area contributed by atoms with Gasteiger partial charge in [0.15, 0.2) is 0 Å². The second-order valence-corrected chi connectivity index (χ2v) is 0. The third kappa shape index (κ3) is 1980. The standard InChI is InChI=1S/6CH4O.Fe.Mo/c6*1-2;;/h6*2H,1H3;;. The number of aliphatic hydroxyl groups is 6. The van der Waals surface area contributed by atoms with Gasteiger partial charge in [-0.05, 0) is 0 Å². The van der Waals surface area contributed by atoms with Gasteiger partial charge in [0.1, 0.15) is 0 Å². The molecule has 0 heterocycles. The Bertz CT molecular complexity index is 22.3. The van der Waals surface area contributed by atoms with Crippen molar-refractivity contribution >= 4 is 0 Å². The molecule has 0 spiro atoms. The minimum atomic E-state index is 0. The normalized spacial score (nSPS) is 2.57. The molecule has 0 aliphatic rings. The van der Waals surface area contributed by atoms with Crippen molar-refractivity contribution in [1.82, 2.24) is 0 Å². The van der Waals surface area contributed by atoms with Crippen LogP contribution in [0, 0.1) is 0 Å². The Kier molecular flexibility index (Phi) is 10800. The van der Waals surface area contributed by atoms with E-state index in [0.29, 0.717) is 0 Å². The van der Waals surface area contributed by atoms with Crippen LogP contribution in [-0.2, 0) is 38.1 Å². The largest absolute Gasteiger partial charge is 0.400 e. The van der Waals surface area contributed by atoms with E-state index in [4.69, 9.17) is 30.6 Å². The third-order valence-electron chi connectivity index (χ3n) is 0. The molecule has 6 nitrogen and oxygen atoms in total. The van der Waals surface area contributed by atoms with E-state index < -0.39 is 0 Å². The Labute approximate surface area is 111 Å². The van der Waals surface area contributed by atoms with Crippen LogP contribution in [0.3, 0.4) is 0 Å². The molecule has 0 radical (unpaired) electrons. The van der Waals surface area contributed by atoms with E-state index in [1.807, 2.05) is 0 Å². The molecule has 0 saturated heterocycles. The van der Waals surface area contributed by atoms with Crippen LogP contribution in [0.2, 0.25) is 0 Å². The van der Waals surface area contributed by atoms with Gasteiger partial charge in [-0.15, -0.1) is 0 Å². The predicted molar refractivity (Wildman–Crippen MR) is 48.9 cm³/mol. The van der Waals surface area contributed by atoms with Gasteiger partial charge in [0.2, 0.25) is 0 Å². The summed E-state index contributed by atoms with van der Waals surface area (Å²) in [5, 5.41) is 42.0. The number of hydrogen-bond donors (Lipinski definition) is 6. The molecule has 98 valence electrons. The van der Waals surface area contributed by atoms with E-state index >= 15 is 0 Å². The number of hydrogen-bond acceptors (Lipinski definition) is 6. The molecular formula is C6H24FeMoO6. The van der Waals surface area contributed by atoms with Crippen LogP contribution in [0.4, 0.5) is 0 Å². The first kappa shape index (κ1) is 60.1. The van der Waals surface area contributed by atoms with Crippen molar-refractivity contribution in [3.63, 3.8) is 0 Å². The number of rotatable bonds is 0. The first-order chi connectivity index (χ1) is 6.00. The summed E-state index contributed by atoms with van der Waals surface area (Å²) in [6, 6.07) is 0. The zero-order chi connectivity index (χ0) is 12.0. The summed E-state index contributed by atoms with van der Waals surface area (Å²) >= 11 is 0. The maximum absolute atomic E-state index is 7.00. The van der Waals surface area contributed by atoms with E-state index in [1.54, 1.807) is 0 Å². The summed E-state index contributed by atoms with van der Waals surface area (Å²) in [5.41, 5.74) is 0. The molecule has 0 aromatic rings. The molecule has 0 aromatic carbocycles. The summed E-state index contributed by atoms with van der Waals surface area (Å²) in [4.78, 5) is 0. The second kappa shape index (κ2) is 2510. The van der Waals surface area contributed by atoms with Crippen LogP contribution in [0.5, 0.6) is 0 Å². The van der Waals surface area contributed by atoms with Crippen molar-refractivity contribution < 1.29 is 68.8 Å². The first-order valence-corrected chi connectivity index (χ1v) is 2.68. The number of aliphatic hydroxyl groups excluding tert-OH is 6. The maximum atomic E-state index is 7.00. The fourth-order valence-electron chi connectivity index (χ4n) is 0. The Balaban J connectivity index is -0.00000000500. The molecular weight excluding hydrogens is 320 g/mol. The average Bonchev–Trinajstić information content (AvgIpc) is 2.33. The zero-order valence-corrected chi connectivity index (χ0v) is 12.6. The summed E-state index contributed by atoms with van der Waals surface area (Å²) < 4.78 is 0. The van der Waals surface area contributed by atoms with Crippen molar-refractivity contribution in [2.24, 2.45) is 0 Å². The van der Waals surface area contributed by atoms with E-state index in [9.17, 15) is 0 Å². The Morgan fingerprint density at radius 1 is 0.357 bits per heavy atom. The van der Waals surface area contributed by atoms with Gasteiger partial charge in [-0.25, -0.2) is 0 Å². The molecule has 0 aliphatic heterocycles. The second-order valence-electron chi connectivity index (χ2n) is 0. The van der Waals surface area contributed by atoms with Crippen molar-refractivity contribution in [2.75, 3.05) is 42.7 Å². The topological polar surface area (TPSA) is 121 Å². The van der Waals surface area contributed by atoms with Crippen LogP contribution in [-0.4, -0.2) is 73.3 Å². The molecule has 0 saturated carbocycles. The van der Waals surface area contributed by atoms with Crippen molar-refractivity contribution in [1.29, 1.82) is 0 Å². The van der Waals surface area contributed by atoms with Gasteiger partial charge >= 0.3 is 0 Å².